The molecule has 9 heteroatoms. The number of carbonyl (C=O) groups is 1. The fourth-order valence-electron chi connectivity index (χ4n) is 3.90. The molecule has 0 radical (unpaired) electrons. The van der Waals surface area contributed by atoms with Crippen LogP contribution < -0.4 is 0 Å². The van der Waals surface area contributed by atoms with E-state index >= 15 is 0 Å². The molecule has 158 valence electrons. The van der Waals surface area contributed by atoms with E-state index < -0.39 is 21.3 Å². The minimum absolute atomic E-state index is 0.0960. The van der Waals surface area contributed by atoms with Gasteiger partial charge in [0.25, 0.3) is 15.9 Å². The highest BCUT2D eigenvalue weighted by atomic mass is 32.2. The summed E-state index contributed by atoms with van der Waals surface area (Å²) < 4.78 is 27.7. The first-order chi connectivity index (χ1) is 14.8. The van der Waals surface area contributed by atoms with Crippen LogP contribution in [0.4, 0.5) is 0 Å². The zero-order valence-electron chi connectivity index (χ0n) is 17.0. The Morgan fingerprint density at radius 3 is 2.68 bits per heavy atom. The van der Waals surface area contributed by atoms with Crippen LogP contribution in [0.5, 0.6) is 0 Å². The van der Waals surface area contributed by atoms with Gasteiger partial charge in [0.15, 0.2) is 0 Å². The SMILES string of the molecule is CC1(C)Cc2nc(-c3ccnc4[nH]ccc34)sc2C(=O)N(S(=O)(=O)c2ccccc2)C1. The molecule has 31 heavy (non-hydrogen) atoms. The summed E-state index contributed by atoms with van der Waals surface area (Å²) in [6, 6.07) is 11.9. The number of hydrogen-bond donors (Lipinski definition) is 1. The number of fused-ring (bicyclic) bond motifs is 2. The predicted molar refractivity (Wildman–Crippen MR) is 119 cm³/mol. The second-order valence-electron chi connectivity index (χ2n) is 8.36. The van der Waals surface area contributed by atoms with Gasteiger partial charge < -0.3 is 4.98 Å². The van der Waals surface area contributed by atoms with E-state index in [2.05, 4.69) is 9.97 Å². The summed E-state index contributed by atoms with van der Waals surface area (Å²) in [6.45, 7) is 4.01. The summed E-state index contributed by atoms with van der Waals surface area (Å²) >= 11 is 1.24. The maximum absolute atomic E-state index is 13.5. The van der Waals surface area contributed by atoms with Crippen molar-refractivity contribution in [1.82, 2.24) is 19.3 Å². The Morgan fingerprint density at radius 1 is 1.13 bits per heavy atom. The first kappa shape index (κ1) is 19.9. The number of amides is 1. The van der Waals surface area contributed by atoms with Crippen LogP contribution in [0, 0.1) is 5.41 Å². The first-order valence-corrected chi connectivity index (χ1v) is 12.1. The van der Waals surface area contributed by atoms with Gasteiger partial charge in [-0.3, -0.25) is 4.79 Å². The Morgan fingerprint density at radius 2 is 1.90 bits per heavy atom. The third-order valence-electron chi connectivity index (χ3n) is 5.36. The van der Waals surface area contributed by atoms with Gasteiger partial charge >= 0.3 is 0 Å². The van der Waals surface area contributed by atoms with E-state index in [1.165, 1.54) is 23.5 Å². The summed E-state index contributed by atoms with van der Waals surface area (Å²) in [5.41, 5.74) is 1.78. The number of benzene rings is 1. The summed E-state index contributed by atoms with van der Waals surface area (Å²) in [5.74, 6) is -0.521. The molecule has 0 atom stereocenters. The lowest BCUT2D eigenvalue weighted by Gasteiger charge is -2.29. The number of rotatable bonds is 3. The average Bonchev–Trinajstić information content (AvgIpc) is 3.36. The quantitative estimate of drug-likeness (QED) is 0.505. The second-order valence-corrected chi connectivity index (χ2v) is 11.2. The number of aromatic nitrogens is 3. The molecule has 0 saturated carbocycles. The van der Waals surface area contributed by atoms with Crippen molar-refractivity contribution in [3.63, 3.8) is 0 Å². The molecule has 1 amide bonds. The van der Waals surface area contributed by atoms with Crippen molar-refractivity contribution in [2.45, 2.75) is 25.2 Å². The molecule has 1 N–H and O–H groups in total. The van der Waals surface area contributed by atoms with Crippen molar-refractivity contribution in [3.05, 3.63) is 65.4 Å². The molecule has 0 saturated heterocycles. The number of sulfonamides is 1. The van der Waals surface area contributed by atoms with Gasteiger partial charge in [-0.05, 0) is 36.1 Å². The number of pyridine rings is 1. The highest BCUT2D eigenvalue weighted by Crippen LogP contribution is 2.39. The fraction of sp³-hybridized carbons (Fsp3) is 0.227. The van der Waals surface area contributed by atoms with E-state index in [0.29, 0.717) is 22.0 Å². The second kappa shape index (κ2) is 7.00. The molecule has 0 aliphatic carbocycles. The van der Waals surface area contributed by atoms with Crippen LogP contribution in [-0.4, -0.2) is 40.1 Å². The molecule has 0 fully saturated rings. The molecule has 7 nitrogen and oxygen atoms in total. The van der Waals surface area contributed by atoms with Crippen LogP contribution in [-0.2, 0) is 16.4 Å². The van der Waals surface area contributed by atoms with Gasteiger partial charge in [0.1, 0.15) is 15.5 Å². The van der Waals surface area contributed by atoms with E-state index in [1.807, 2.05) is 32.2 Å². The normalized spacial score (nSPS) is 16.3. The van der Waals surface area contributed by atoms with Gasteiger partial charge in [-0.1, -0.05) is 32.0 Å². The average molecular weight is 453 g/mol. The molecule has 1 aliphatic heterocycles. The van der Waals surface area contributed by atoms with Crippen molar-refractivity contribution in [2.24, 2.45) is 5.41 Å². The number of carbonyl (C=O) groups excluding carboxylic acids is 1. The Labute approximate surface area is 183 Å². The number of nitrogens with one attached hydrogen (secondary N) is 1. The molecule has 4 aromatic rings. The van der Waals surface area contributed by atoms with Crippen molar-refractivity contribution >= 4 is 38.3 Å². The van der Waals surface area contributed by atoms with E-state index in [9.17, 15) is 13.2 Å². The summed E-state index contributed by atoms with van der Waals surface area (Å²) in [5, 5.41) is 1.59. The van der Waals surface area contributed by atoms with Crippen molar-refractivity contribution in [2.75, 3.05) is 6.54 Å². The van der Waals surface area contributed by atoms with Gasteiger partial charge in [-0.15, -0.1) is 11.3 Å². The molecule has 4 heterocycles. The molecule has 5 rings (SSSR count). The third-order valence-corrected chi connectivity index (χ3v) is 8.22. The first-order valence-electron chi connectivity index (χ1n) is 9.81. The highest BCUT2D eigenvalue weighted by Gasteiger charge is 2.41. The summed E-state index contributed by atoms with van der Waals surface area (Å²) in [7, 11) is -3.98. The largest absolute Gasteiger partial charge is 0.346 e. The molecule has 0 spiro atoms. The van der Waals surface area contributed by atoms with Gasteiger partial charge in [-0.2, -0.15) is 0 Å². The zero-order valence-corrected chi connectivity index (χ0v) is 18.6. The number of aromatic amines is 1. The van der Waals surface area contributed by atoms with Crippen LogP contribution in [0.15, 0.2) is 59.8 Å². The van der Waals surface area contributed by atoms with Crippen LogP contribution in [0.25, 0.3) is 21.6 Å². The highest BCUT2D eigenvalue weighted by molar-refractivity contribution is 7.89. The molecule has 3 aromatic heterocycles. The minimum Gasteiger partial charge on any atom is -0.346 e. The van der Waals surface area contributed by atoms with E-state index in [0.717, 1.165) is 20.9 Å². The topological polar surface area (TPSA) is 96.0 Å². The number of H-pyrrole nitrogens is 1. The van der Waals surface area contributed by atoms with E-state index in [4.69, 9.17) is 4.98 Å². The molecule has 1 aliphatic rings. The molecular weight excluding hydrogens is 432 g/mol. The van der Waals surface area contributed by atoms with Crippen molar-refractivity contribution in [1.29, 1.82) is 0 Å². The lowest BCUT2D eigenvalue weighted by molar-refractivity contribution is 0.0839. The van der Waals surface area contributed by atoms with Crippen molar-refractivity contribution < 1.29 is 13.2 Å². The van der Waals surface area contributed by atoms with Gasteiger partial charge in [-0.25, -0.2) is 22.7 Å². The fourth-order valence-corrected chi connectivity index (χ4v) is 6.61. The standard InChI is InChI=1S/C22H20N4O3S2/c1-22(2)12-17-18(21(27)26(13-22)31(28,29)14-6-4-3-5-7-14)30-20(25-17)16-9-11-24-19-15(16)8-10-23-19/h3-11H,12-13H2,1-2H3,(H,23,24). The summed E-state index contributed by atoms with van der Waals surface area (Å²) in [4.78, 5) is 26.2. The number of hydrogen-bond acceptors (Lipinski definition) is 6. The monoisotopic (exact) mass is 452 g/mol. The Bertz CT molecular complexity index is 1410. The van der Waals surface area contributed by atoms with Crippen LogP contribution in [0.3, 0.4) is 0 Å². The third kappa shape index (κ3) is 3.34. The molecule has 0 unspecified atom stereocenters. The Hall–Kier alpha value is -3.04. The minimum atomic E-state index is -3.98. The van der Waals surface area contributed by atoms with E-state index in [-0.39, 0.29) is 11.4 Å². The van der Waals surface area contributed by atoms with Gasteiger partial charge in [0, 0.05) is 29.9 Å². The van der Waals surface area contributed by atoms with Gasteiger partial charge in [0.2, 0.25) is 0 Å². The smallest absolute Gasteiger partial charge is 0.279 e. The zero-order chi connectivity index (χ0) is 21.8. The maximum Gasteiger partial charge on any atom is 0.279 e. The number of nitrogens with zero attached hydrogens (tertiary/aromatic N) is 3. The predicted octanol–water partition coefficient (Wildman–Crippen LogP) is 4.10. The van der Waals surface area contributed by atoms with Crippen LogP contribution in [0.1, 0.15) is 29.2 Å². The summed E-state index contributed by atoms with van der Waals surface area (Å²) in [6.07, 6.45) is 4.01. The van der Waals surface area contributed by atoms with Crippen LogP contribution >= 0.6 is 11.3 Å². The van der Waals surface area contributed by atoms with E-state index in [1.54, 1.807) is 24.4 Å². The maximum atomic E-state index is 13.5. The lowest BCUT2D eigenvalue weighted by Crippen LogP contribution is -2.41. The van der Waals surface area contributed by atoms with Crippen LogP contribution in [0.2, 0.25) is 0 Å². The molecule has 1 aromatic carbocycles. The van der Waals surface area contributed by atoms with Gasteiger partial charge in [0.05, 0.1) is 10.6 Å². The Kier molecular flexibility index (Phi) is 4.49. The molecular formula is C22H20N4O3S2. The lowest BCUT2D eigenvalue weighted by atomic mass is 9.88. The van der Waals surface area contributed by atoms with Crippen molar-refractivity contribution in [3.8, 4) is 10.6 Å². The number of thiazole rings is 1. The Balaban J connectivity index is 1.64. The molecule has 0 bridgehead atoms.